The third-order valence-corrected chi connectivity index (χ3v) is 13.2. The van der Waals surface area contributed by atoms with E-state index in [1.807, 2.05) is 0 Å². The Bertz CT molecular complexity index is 898. The molecule has 238 valence electrons. The van der Waals surface area contributed by atoms with Crippen LogP contribution in [0.2, 0.25) is 0 Å². The van der Waals surface area contributed by atoms with Crippen LogP contribution in [-0.4, -0.2) is 85.8 Å². The molecule has 0 bridgehead atoms. The zero-order valence-electron chi connectivity index (χ0n) is 26.0. The lowest BCUT2D eigenvalue weighted by molar-refractivity contribution is -0.328. The van der Waals surface area contributed by atoms with Crippen LogP contribution in [0.25, 0.3) is 0 Å². The van der Waals surface area contributed by atoms with E-state index in [9.17, 15) is 30.6 Å². The van der Waals surface area contributed by atoms with Crippen molar-refractivity contribution in [2.45, 2.75) is 154 Å². The van der Waals surface area contributed by atoms with Gasteiger partial charge in [0, 0.05) is 11.8 Å². The van der Waals surface area contributed by atoms with Gasteiger partial charge in [-0.15, -0.1) is 0 Å². The average Bonchev–Trinajstić information content (AvgIpc) is 3.28. The minimum atomic E-state index is -1.51. The Hall–Kier alpha value is -0.320. The summed E-state index contributed by atoms with van der Waals surface area (Å²) in [5.74, 6) is 3.54. The van der Waals surface area contributed by atoms with Crippen molar-refractivity contribution in [2.75, 3.05) is 6.61 Å². The number of hydrogen-bond donors (Lipinski definition) is 6. The van der Waals surface area contributed by atoms with E-state index in [2.05, 4.69) is 34.6 Å². The number of rotatable bonds is 8. The molecule has 4 saturated carbocycles. The van der Waals surface area contributed by atoms with Gasteiger partial charge in [0.05, 0.1) is 24.4 Å². The zero-order valence-corrected chi connectivity index (χ0v) is 26.0. The first-order chi connectivity index (χ1) is 19.3. The highest BCUT2D eigenvalue weighted by Gasteiger charge is 2.68. The molecule has 0 spiro atoms. The summed E-state index contributed by atoms with van der Waals surface area (Å²) in [6, 6.07) is 0. The number of aliphatic hydroxyl groups is 6. The minimum absolute atomic E-state index is 0.223. The molecule has 1 heterocycles. The predicted octanol–water partition coefficient (Wildman–Crippen LogP) is 3.38. The summed E-state index contributed by atoms with van der Waals surface area (Å²) in [5.41, 5.74) is -1.46. The highest BCUT2D eigenvalue weighted by Crippen LogP contribution is 2.69. The van der Waals surface area contributed by atoms with Gasteiger partial charge in [0.1, 0.15) is 24.4 Å². The van der Waals surface area contributed by atoms with Crippen molar-refractivity contribution in [3.8, 4) is 0 Å². The molecular weight excluding hydrogens is 524 g/mol. The van der Waals surface area contributed by atoms with E-state index >= 15 is 0 Å². The van der Waals surface area contributed by atoms with Crippen LogP contribution in [-0.2, 0) is 9.47 Å². The quantitative estimate of drug-likeness (QED) is 0.240. The Kier molecular flexibility index (Phi) is 9.30. The molecule has 0 radical (unpaired) electrons. The summed E-state index contributed by atoms with van der Waals surface area (Å²) in [6.45, 7) is 11.3. The van der Waals surface area contributed by atoms with Gasteiger partial charge in [-0.2, -0.15) is 0 Å². The van der Waals surface area contributed by atoms with Crippen LogP contribution < -0.4 is 0 Å². The maximum Gasteiger partial charge on any atom is 0.186 e. The Labute approximate surface area is 246 Å². The fourth-order valence-corrected chi connectivity index (χ4v) is 10.8. The van der Waals surface area contributed by atoms with Crippen molar-refractivity contribution in [3.63, 3.8) is 0 Å². The number of fused-ring (bicyclic) bond motifs is 5. The highest BCUT2D eigenvalue weighted by atomic mass is 16.7. The van der Waals surface area contributed by atoms with Crippen LogP contribution in [0.15, 0.2) is 0 Å². The summed E-state index contributed by atoms with van der Waals surface area (Å²) in [7, 11) is 0. The molecule has 0 unspecified atom stereocenters. The van der Waals surface area contributed by atoms with Crippen LogP contribution >= 0.6 is 0 Å². The van der Waals surface area contributed by atoms with Gasteiger partial charge in [0.2, 0.25) is 0 Å². The first-order valence-electron chi connectivity index (χ1n) is 16.6. The van der Waals surface area contributed by atoms with Gasteiger partial charge in [-0.1, -0.05) is 53.9 Å². The number of hydrogen-bond acceptors (Lipinski definition) is 8. The van der Waals surface area contributed by atoms with Gasteiger partial charge >= 0.3 is 0 Å². The van der Waals surface area contributed by atoms with E-state index in [0.29, 0.717) is 42.4 Å². The molecule has 1 aliphatic heterocycles. The molecule has 41 heavy (non-hydrogen) atoms. The minimum Gasteiger partial charge on any atom is -0.394 e. The molecule has 5 rings (SSSR count). The van der Waals surface area contributed by atoms with Gasteiger partial charge in [0.25, 0.3) is 0 Å². The SMILES string of the molecule is CC(C)CCC[C@@H](C)[C@H]1CC[C@H]2[C@@H]3C[C@@H](O)[C@@]4(O)C[C@@H](O[C@@H]5O[C@H](CO)[C@@H](O)[C@H](O)[C@H]5O)CC[C@]4(C)[C@H]3CC[C@]12C. The summed E-state index contributed by atoms with van der Waals surface area (Å²) in [5, 5.41) is 64.3. The van der Waals surface area contributed by atoms with Gasteiger partial charge < -0.3 is 40.1 Å². The molecule has 6 N–H and O–H groups in total. The van der Waals surface area contributed by atoms with Crippen LogP contribution in [0.4, 0.5) is 0 Å². The molecule has 15 atom stereocenters. The number of aliphatic hydroxyl groups excluding tert-OH is 5. The molecule has 8 heteroatoms. The smallest absolute Gasteiger partial charge is 0.186 e. The standard InChI is InChI=1S/C33H58O8/c1-18(2)7-6-8-19(3)22-9-10-23-21-15-26(35)33(39)16-20(11-14-32(33,5)24(21)12-13-31(22,23)4)40-30-29(38)28(37)27(36)25(17-34)41-30/h18-30,34-39H,6-17H2,1-5H3/t19-,20+,21+,22-,23+,24+,25-,26-,27-,28+,29-,30-,31-,32-,33+/m1/s1. The Balaban J connectivity index is 1.28. The first-order valence-corrected chi connectivity index (χ1v) is 16.6. The van der Waals surface area contributed by atoms with Crippen LogP contribution in [0, 0.1) is 46.3 Å². The van der Waals surface area contributed by atoms with Crippen molar-refractivity contribution in [2.24, 2.45) is 46.3 Å². The van der Waals surface area contributed by atoms with Crippen LogP contribution in [0.5, 0.6) is 0 Å². The van der Waals surface area contributed by atoms with Crippen molar-refractivity contribution in [1.82, 2.24) is 0 Å². The normalized spacial score (nSPS) is 52.5. The lowest BCUT2D eigenvalue weighted by Crippen LogP contribution is -2.69. The Morgan fingerprint density at radius 3 is 2.29 bits per heavy atom. The van der Waals surface area contributed by atoms with Gasteiger partial charge in [-0.3, -0.25) is 0 Å². The topological polar surface area (TPSA) is 140 Å². The molecule has 0 aromatic rings. The Morgan fingerprint density at radius 2 is 1.61 bits per heavy atom. The van der Waals surface area contributed by atoms with Crippen LogP contribution in [0.1, 0.15) is 105 Å². The van der Waals surface area contributed by atoms with Crippen molar-refractivity contribution < 1.29 is 40.1 Å². The van der Waals surface area contributed by atoms with Crippen molar-refractivity contribution >= 4 is 0 Å². The molecule has 4 aliphatic carbocycles. The molecule has 1 saturated heterocycles. The highest BCUT2D eigenvalue weighted by molar-refractivity contribution is 5.17. The summed E-state index contributed by atoms with van der Waals surface area (Å²) in [4.78, 5) is 0. The van der Waals surface area contributed by atoms with E-state index in [0.717, 1.165) is 24.2 Å². The third kappa shape index (κ3) is 5.34. The summed E-state index contributed by atoms with van der Waals surface area (Å²) in [6.07, 6.45) is 2.79. The second-order valence-electron chi connectivity index (χ2n) is 15.7. The van der Waals surface area contributed by atoms with E-state index in [4.69, 9.17) is 9.47 Å². The summed E-state index contributed by atoms with van der Waals surface area (Å²) >= 11 is 0. The fraction of sp³-hybridized carbons (Fsp3) is 1.00. The molecule has 5 fully saturated rings. The van der Waals surface area contributed by atoms with E-state index < -0.39 is 60.5 Å². The number of ether oxygens (including phenoxy) is 2. The summed E-state index contributed by atoms with van der Waals surface area (Å²) < 4.78 is 11.7. The average molecular weight is 583 g/mol. The first kappa shape index (κ1) is 32.1. The van der Waals surface area contributed by atoms with E-state index in [1.54, 1.807) is 0 Å². The fourth-order valence-electron chi connectivity index (χ4n) is 10.8. The Morgan fingerprint density at radius 1 is 0.878 bits per heavy atom. The maximum atomic E-state index is 12.2. The molecule has 0 aromatic heterocycles. The predicted molar refractivity (Wildman–Crippen MR) is 155 cm³/mol. The maximum absolute atomic E-state index is 12.2. The molecule has 5 aliphatic rings. The lowest BCUT2D eigenvalue weighted by Gasteiger charge is -2.65. The monoisotopic (exact) mass is 582 g/mol. The van der Waals surface area contributed by atoms with E-state index in [1.165, 1.54) is 38.5 Å². The van der Waals surface area contributed by atoms with Gasteiger partial charge in [-0.25, -0.2) is 0 Å². The lowest BCUT2D eigenvalue weighted by atomic mass is 9.42. The van der Waals surface area contributed by atoms with Crippen molar-refractivity contribution in [1.29, 1.82) is 0 Å². The molecule has 0 amide bonds. The van der Waals surface area contributed by atoms with Crippen LogP contribution in [0.3, 0.4) is 0 Å². The molecule has 8 nitrogen and oxygen atoms in total. The zero-order chi connectivity index (χ0) is 29.9. The second kappa shape index (κ2) is 11.9. The second-order valence-corrected chi connectivity index (χ2v) is 15.7. The van der Waals surface area contributed by atoms with Gasteiger partial charge in [-0.05, 0) is 85.9 Å². The molecule has 0 aromatic carbocycles. The third-order valence-electron chi connectivity index (χ3n) is 13.2. The van der Waals surface area contributed by atoms with Crippen molar-refractivity contribution in [3.05, 3.63) is 0 Å². The largest absolute Gasteiger partial charge is 0.394 e. The van der Waals surface area contributed by atoms with E-state index in [-0.39, 0.29) is 6.42 Å². The van der Waals surface area contributed by atoms with Gasteiger partial charge in [0.15, 0.2) is 6.29 Å². The molecular formula is C33H58O8.